The Kier molecular flexibility index (Phi) is 3.23. The van der Waals surface area contributed by atoms with Gasteiger partial charge >= 0.3 is 0 Å². The molecule has 16 heavy (non-hydrogen) atoms. The lowest BCUT2D eigenvalue weighted by Crippen LogP contribution is -2.28. The number of rotatable bonds is 2. The van der Waals surface area contributed by atoms with E-state index >= 15 is 0 Å². The first-order chi connectivity index (χ1) is 7.59. The largest absolute Gasteiger partial charge is 0.322 e. The van der Waals surface area contributed by atoms with Crippen LogP contribution in [0.25, 0.3) is 0 Å². The van der Waals surface area contributed by atoms with Crippen molar-refractivity contribution in [3.05, 3.63) is 5.82 Å². The average molecular weight is 223 g/mol. The van der Waals surface area contributed by atoms with E-state index in [0.717, 1.165) is 18.2 Å². The summed E-state index contributed by atoms with van der Waals surface area (Å²) >= 11 is 0. The Morgan fingerprint density at radius 2 is 2.12 bits per heavy atom. The first-order valence-electron chi connectivity index (χ1n) is 6.13. The summed E-state index contributed by atoms with van der Waals surface area (Å²) in [7, 11) is 0. The molecule has 0 aromatic carbocycles. The molecule has 1 aromatic rings. The van der Waals surface area contributed by atoms with E-state index in [-0.39, 0.29) is 6.04 Å². The summed E-state index contributed by atoms with van der Waals surface area (Å²) in [6.45, 7) is 6.53. The first kappa shape index (κ1) is 11.5. The van der Waals surface area contributed by atoms with E-state index in [2.05, 4.69) is 29.4 Å². The third-order valence-electron chi connectivity index (χ3n) is 3.63. The monoisotopic (exact) mass is 223 g/mol. The highest BCUT2D eigenvalue weighted by Crippen LogP contribution is 2.36. The summed E-state index contributed by atoms with van der Waals surface area (Å²) in [5, 5.41) is 11.9. The fourth-order valence-electron chi connectivity index (χ4n) is 2.75. The summed E-state index contributed by atoms with van der Waals surface area (Å²) in [6.07, 6.45) is 3.67. The number of hydrogen-bond donors (Lipinski definition) is 1. The molecular weight excluding hydrogens is 202 g/mol. The van der Waals surface area contributed by atoms with Crippen molar-refractivity contribution in [1.82, 2.24) is 20.2 Å². The van der Waals surface area contributed by atoms with Gasteiger partial charge in [0.25, 0.3) is 0 Å². The van der Waals surface area contributed by atoms with Crippen LogP contribution >= 0.6 is 0 Å². The average Bonchev–Trinajstić information content (AvgIpc) is 2.66. The van der Waals surface area contributed by atoms with Crippen LogP contribution < -0.4 is 5.73 Å². The second-order valence-corrected chi connectivity index (χ2v) is 5.23. The SMILES string of the molecule is CC1CCC(n2nnnc2C(C)N)C(C)C1. The molecule has 0 bridgehead atoms. The number of nitrogens with two attached hydrogens (primary N) is 1. The van der Waals surface area contributed by atoms with Crippen LogP contribution in [-0.4, -0.2) is 20.2 Å². The van der Waals surface area contributed by atoms with Gasteiger partial charge in [-0.1, -0.05) is 13.8 Å². The maximum Gasteiger partial charge on any atom is 0.167 e. The van der Waals surface area contributed by atoms with Gasteiger partial charge in [-0.2, -0.15) is 0 Å². The number of hydrogen-bond acceptors (Lipinski definition) is 4. The highest BCUT2D eigenvalue weighted by Gasteiger charge is 2.29. The number of nitrogens with zero attached hydrogens (tertiary/aromatic N) is 4. The van der Waals surface area contributed by atoms with E-state index in [4.69, 9.17) is 5.73 Å². The summed E-state index contributed by atoms with van der Waals surface area (Å²) in [5.74, 6) is 2.26. The molecule has 1 saturated carbocycles. The standard InChI is InChI=1S/C11H21N5/c1-7-4-5-10(8(2)6-7)16-11(9(3)12)13-14-15-16/h7-10H,4-6,12H2,1-3H3. The van der Waals surface area contributed by atoms with E-state index in [1.807, 2.05) is 11.6 Å². The third-order valence-corrected chi connectivity index (χ3v) is 3.63. The van der Waals surface area contributed by atoms with Gasteiger partial charge in [0, 0.05) is 0 Å². The molecule has 5 heteroatoms. The summed E-state index contributed by atoms with van der Waals surface area (Å²) in [4.78, 5) is 0. The molecule has 90 valence electrons. The second-order valence-electron chi connectivity index (χ2n) is 5.23. The lowest BCUT2D eigenvalue weighted by atomic mass is 9.80. The van der Waals surface area contributed by atoms with Crippen LogP contribution in [0.2, 0.25) is 0 Å². The Bertz CT molecular complexity index is 346. The normalized spacial score (nSPS) is 32.6. The molecule has 2 N–H and O–H groups in total. The van der Waals surface area contributed by atoms with Crippen LogP contribution in [-0.2, 0) is 0 Å². The third kappa shape index (κ3) is 2.09. The van der Waals surface area contributed by atoms with Crippen molar-refractivity contribution in [3.63, 3.8) is 0 Å². The van der Waals surface area contributed by atoms with Gasteiger partial charge in [0.15, 0.2) is 5.82 Å². The lowest BCUT2D eigenvalue weighted by Gasteiger charge is -2.33. The molecule has 5 nitrogen and oxygen atoms in total. The summed E-state index contributed by atoms with van der Waals surface area (Å²) < 4.78 is 1.95. The minimum Gasteiger partial charge on any atom is -0.322 e. The van der Waals surface area contributed by atoms with Gasteiger partial charge in [-0.25, -0.2) is 4.68 Å². The Morgan fingerprint density at radius 1 is 1.38 bits per heavy atom. The van der Waals surface area contributed by atoms with Crippen LogP contribution in [0.3, 0.4) is 0 Å². The van der Waals surface area contributed by atoms with E-state index in [0.29, 0.717) is 12.0 Å². The van der Waals surface area contributed by atoms with Gasteiger partial charge in [0.2, 0.25) is 0 Å². The topological polar surface area (TPSA) is 69.6 Å². The predicted molar refractivity (Wildman–Crippen MR) is 61.6 cm³/mol. The molecule has 0 saturated heterocycles. The fraction of sp³-hybridized carbons (Fsp3) is 0.909. The van der Waals surface area contributed by atoms with Gasteiger partial charge in [0.05, 0.1) is 12.1 Å². The molecular formula is C11H21N5. The molecule has 4 unspecified atom stereocenters. The van der Waals surface area contributed by atoms with Crippen molar-refractivity contribution in [2.24, 2.45) is 17.6 Å². The minimum absolute atomic E-state index is 0.0958. The van der Waals surface area contributed by atoms with Crippen LogP contribution in [0.1, 0.15) is 57.9 Å². The van der Waals surface area contributed by atoms with Crippen LogP contribution in [0.15, 0.2) is 0 Å². The van der Waals surface area contributed by atoms with Crippen LogP contribution in [0.5, 0.6) is 0 Å². The quantitative estimate of drug-likeness (QED) is 0.828. The molecule has 1 aromatic heterocycles. The van der Waals surface area contributed by atoms with Gasteiger partial charge in [-0.05, 0) is 48.4 Å². The molecule has 1 heterocycles. The van der Waals surface area contributed by atoms with Crippen LogP contribution in [0.4, 0.5) is 0 Å². The summed E-state index contributed by atoms with van der Waals surface area (Å²) in [5.41, 5.74) is 5.88. The number of aromatic nitrogens is 4. The van der Waals surface area contributed by atoms with Crippen molar-refractivity contribution in [3.8, 4) is 0 Å². The van der Waals surface area contributed by atoms with E-state index in [1.54, 1.807) is 0 Å². The zero-order valence-corrected chi connectivity index (χ0v) is 10.3. The summed E-state index contributed by atoms with van der Waals surface area (Å²) in [6, 6.07) is 0.328. The molecule has 0 radical (unpaired) electrons. The highest BCUT2D eigenvalue weighted by atomic mass is 15.6. The maximum atomic E-state index is 5.88. The zero-order valence-electron chi connectivity index (χ0n) is 10.3. The maximum absolute atomic E-state index is 5.88. The molecule has 4 atom stereocenters. The predicted octanol–water partition coefficient (Wildman–Crippen LogP) is 1.69. The first-order valence-corrected chi connectivity index (χ1v) is 6.13. The van der Waals surface area contributed by atoms with Crippen LogP contribution in [0, 0.1) is 11.8 Å². The van der Waals surface area contributed by atoms with Gasteiger partial charge < -0.3 is 5.73 Å². The van der Waals surface area contributed by atoms with Gasteiger partial charge in [0.1, 0.15) is 0 Å². The van der Waals surface area contributed by atoms with Crippen molar-refractivity contribution in [1.29, 1.82) is 0 Å². The van der Waals surface area contributed by atoms with Gasteiger partial charge in [-0.15, -0.1) is 5.10 Å². The molecule has 0 amide bonds. The molecule has 1 aliphatic carbocycles. The Balaban J connectivity index is 2.20. The Morgan fingerprint density at radius 3 is 2.75 bits per heavy atom. The highest BCUT2D eigenvalue weighted by molar-refractivity contribution is 4.92. The second kappa shape index (κ2) is 4.49. The lowest BCUT2D eigenvalue weighted by molar-refractivity contribution is 0.188. The van der Waals surface area contributed by atoms with Crippen molar-refractivity contribution < 1.29 is 0 Å². The molecule has 2 rings (SSSR count). The van der Waals surface area contributed by atoms with Crippen molar-refractivity contribution in [2.45, 2.75) is 52.1 Å². The van der Waals surface area contributed by atoms with Crippen molar-refractivity contribution in [2.75, 3.05) is 0 Å². The Labute approximate surface area is 96.4 Å². The van der Waals surface area contributed by atoms with E-state index < -0.39 is 0 Å². The fourth-order valence-corrected chi connectivity index (χ4v) is 2.75. The molecule has 1 aliphatic rings. The van der Waals surface area contributed by atoms with Crippen molar-refractivity contribution >= 4 is 0 Å². The number of tetrazole rings is 1. The van der Waals surface area contributed by atoms with E-state index in [1.165, 1.54) is 12.8 Å². The molecule has 0 aliphatic heterocycles. The zero-order chi connectivity index (χ0) is 11.7. The van der Waals surface area contributed by atoms with E-state index in [9.17, 15) is 0 Å². The molecule has 1 fully saturated rings. The molecule has 0 spiro atoms. The minimum atomic E-state index is -0.0958. The Hall–Kier alpha value is -0.970. The van der Waals surface area contributed by atoms with Gasteiger partial charge in [-0.3, -0.25) is 0 Å². The smallest absolute Gasteiger partial charge is 0.167 e.